The summed E-state index contributed by atoms with van der Waals surface area (Å²) in [5, 5.41) is 0.584. The van der Waals surface area contributed by atoms with E-state index in [1.54, 1.807) is 25.3 Å². The monoisotopic (exact) mass is 199 g/mol. The van der Waals surface area contributed by atoms with Gasteiger partial charge in [-0.05, 0) is 19.1 Å². The van der Waals surface area contributed by atoms with Crippen LogP contribution in [0.3, 0.4) is 0 Å². The molecule has 0 radical (unpaired) electrons. The van der Waals surface area contributed by atoms with Crippen LogP contribution in [-0.4, -0.2) is 17.6 Å². The molecule has 0 amide bonds. The standard InChI is InChI=1S/C9H10ClNO2/c1-2-13-9(12)4-3-8-7(10)5-6-11-8/h3-6,11H,2H2,1H3. The van der Waals surface area contributed by atoms with E-state index in [0.717, 1.165) is 0 Å². The van der Waals surface area contributed by atoms with Gasteiger partial charge < -0.3 is 9.72 Å². The number of carbonyl (C=O) groups excluding carboxylic acids is 1. The van der Waals surface area contributed by atoms with Crippen molar-refractivity contribution in [3.05, 3.63) is 29.1 Å². The van der Waals surface area contributed by atoms with Crippen molar-refractivity contribution in [2.45, 2.75) is 6.92 Å². The second-order valence-corrected chi connectivity index (χ2v) is 2.73. The zero-order chi connectivity index (χ0) is 9.68. The molecular weight excluding hydrogens is 190 g/mol. The molecular formula is C9H10ClNO2. The van der Waals surface area contributed by atoms with Crippen LogP contribution in [0.1, 0.15) is 12.6 Å². The summed E-state index contributed by atoms with van der Waals surface area (Å²) in [6.07, 6.45) is 4.62. The number of nitrogens with one attached hydrogen (secondary N) is 1. The predicted molar refractivity (Wildman–Crippen MR) is 51.5 cm³/mol. The van der Waals surface area contributed by atoms with E-state index in [2.05, 4.69) is 4.98 Å². The highest BCUT2D eigenvalue weighted by Gasteiger charge is 1.97. The Balaban J connectivity index is 2.58. The van der Waals surface area contributed by atoms with Gasteiger partial charge in [-0.3, -0.25) is 0 Å². The quantitative estimate of drug-likeness (QED) is 0.599. The van der Waals surface area contributed by atoms with Crippen LogP contribution in [0.25, 0.3) is 6.08 Å². The van der Waals surface area contributed by atoms with Crippen molar-refractivity contribution in [2.75, 3.05) is 6.61 Å². The van der Waals surface area contributed by atoms with Crippen LogP contribution in [0.5, 0.6) is 0 Å². The molecule has 4 heteroatoms. The Hall–Kier alpha value is -1.22. The molecule has 1 N–H and O–H groups in total. The molecule has 0 aliphatic carbocycles. The third-order valence-corrected chi connectivity index (χ3v) is 1.73. The van der Waals surface area contributed by atoms with Crippen LogP contribution < -0.4 is 0 Å². The van der Waals surface area contributed by atoms with Gasteiger partial charge in [-0.1, -0.05) is 11.6 Å². The first kappa shape index (κ1) is 9.86. The molecule has 0 aliphatic heterocycles. The van der Waals surface area contributed by atoms with E-state index in [1.165, 1.54) is 6.08 Å². The number of esters is 1. The van der Waals surface area contributed by atoms with E-state index in [9.17, 15) is 4.79 Å². The maximum absolute atomic E-state index is 10.9. The highest BCUT2D eigenvalue weighted by atomic mass is 35.5. The fraction of sp³-hybridized carbons (Fsp3) is 0.222. The molecule has 3 nitrogen and oxygen atoms in total. The summed E-state index contributed by atoms with van der Waals surface area (Å²) < 4.78 is 4.70. The highest BCUT2D eigenvalue weighted by molar-refractivity contribution is 6.32. The van der Waals surface area contributed by atoms with Gasteiger partial charge in [-0.15, -0.1) is 0 Å². The van der Waals surface area contributed by atoms with Crippen LogP contribution in [0.2, 0.25) is 5.02 Å². The average Bonchev–Trinajstić information content (AvgIpc) is 2.48. The Kier molecular flexibility index (Phi) is 3.58. The number of ether oxygens (including phenoxy) is 1. The molecule has 0 bridgehead atoms. The second-order valence-electron chi connectivity index (χ2n) is 2.32. The molecule has 70 valence electrons. The van der Waals surface area contributed by atoms with Gasteiger partial charge in [0.1, 0.15) is 0 Å². The van der Waals surface area contributed by atoms with E-state index >= 15 is 0 Å². The number of aromatic nitrogens is 1. The Morgan fingerprint density at radius 1 is 1.77 bits per heavy atom. The number of hydrogen-bond acceptors (Lipinski definition) is 2. The van der Waals surface area contributed by atoms with Crippen molar-refractivity contribution in [3.8, 4) is 0 Å². The van der Waals surface area contributed by atoms with Gasteiger partial charge in [0.2, 0.25) is 0 Å². The average molecular weight is 200 g/mol. The van der Waals surface area contributed by atoms with E-state index in [-0.39, 0.29) is 5.97 Å². The van der Waals surface area contributed by atoms with Crippen LogP contribution in [-0.2, 0) is 9.53 Å². The topological polar surface area (TPSA) is 42.1 Å². The molecule has 0 aromatic carbocycles. The maximum atomic E-state index is 10.9. The summed E-state index contributed by atoms with van der Waals surface area (Å²) in [6, 6.07) is 1.71. The van der Waals surface area contributed by atoms with E-state index in [0.29, 0.717) is 17.3 Å². The highest BCUT2D eigenvalue weighted by Crippen LogP contribution is 2.14. The van der Waals surface area contributed by atoms with E-state index < -0.39 is 0 Å². The van der Waals surface area contributed by atoms with Crippen LogP contribution in [0.4, 0.5) is 0 Å². The molecule has 1 aromatic heterocycles. The molecule has 0 saturated carbocycles. The summed E-state index contributed by atoms with van der Waals surface area (Å²) in [4.78, 5) is 13.8. The van der Waals surface area contributed by atoms with Crippen LogP contribution in [0.15, 0.2) is 18.3 Å². The first-order valence-corrected chi connectivity index (χ1v) is 4.29. The lowest BCUT2D eigenvalue weighted by Crippen LogP contribution is -1.98. The van der Waals surface area contributed by atoms with Crippen molar-refractivity contribution < 1.29 is 9.53 Å². The third kappa shape index (κ3) is 2.95. The lowest BCUT2D eigenvalue weighted by Gasteiger charge is -1.93. The summed E-state index contributed by atoms with van der Waals surface area (Å²) in [5.41, 5.74) is 0.703. The number of halogens is 1. The fourth-order valence-corrected chi connectivity index (χ4v) is 1.01. The van der Waals surface area contributed by atoms with Crippen LogP contribution >= 0.6 is 11.6 Å². The first-order chi connectivity index (χ1) is 6.24. The van der Waals surface area contributed by atoms with Crippen molar-refractivity contribution >= 4 is 23.6 Å². The van der Waals surface area contributed by atoms with Gasteiger partial charge in [0, 0.05) is 12.3 Å². The van der Waals surface area contributed by atoms with Gasteiger partial charge in [-0.2, -0.15) is 0 Å². The number of rotatable bonds is 3. The van der Waals surface area contributed by atoms with Crippen molar-refractivity contribution in [2.24, 2.45) is 0 Å². The van der Waals surface area contributed by atoms with Gasteiger partial charge in [0.25, 0.3) is 0 Å². The maximum Gasteiger partial charge on any atom is 0.330 e. The van der Waals surface area contributed by atoms with Crippen molar-refractivity contribution in [1.82, 2.24) is 4.98 Å². The fourth-order valence-electron chi connectivity index (χ4n) is 0.833. The number of H-pyrrole nitrogens is 1. The zero-order valence-corrected chi connectivity index (χ0v) is 7.97. The molecule has 1 aromatic rings. The molecule has 0 aliphatic rings. The Morgan fingerprint density at radius 3 is 3.08 bits per heavy atom. The SMILES string of the molecule is CCOC(=O)C=Cc1[nH]ccc1Cl. The first-order valence-electron chi connectivity index (χ1n) is 3.91. The molecule has 0 fully saturated rings. The van der Waals surface area contributed by atoms with Crippen molar-refractivity contribution in [1.29, 1.82) is 0 Å². The molecule has 0 spiro atoms. The summed E-state index contributed by atoms with van der Waals surface area (Å²) in [5.74, 6) is -0.367. The van der Waals surface area contributed by atoms with Crippen LogP contribution in [0, 0.1) is 0 Å². The third-order valence-electron chi connectivity index (χ3n) is 1.40. The van der Waals surface area contributed by atoms with Gasteiger partial charge in [0.05, 0.1) is 17.3 Å². The molecule has 1 heterocycles. The molecule has 1 rings (SSSR count). The Labute approximate surface area is 81.4 Å². The minimum Gasteiger partial charge on any atom is -0.463 e. The minimum absolute atomic E-state index is 0.367. The Bertz CT molecular complexity index is 317. The summed E-state index contributed by atoms with van der Waals surface area (Å²) in [7, 11) is 0. The van der Waals surface area contributed by atoms with Gasteiger partial charge in [-0.25, -0.2) is 4.79 Å². The lowest BCUT2D eigenvalue weighted by molar-refractivity contribution is -0.137. The van der Waals surface area contributed by atoms with Crippen molar-refractivity contribution in [3.63, 3.8) is 0 Å². The molecule has 0 saturated heterocycles. The van der Waals surface area contributed by atoms with E-state index in [4.69, 9.17) is 16.3 Å². The Morgan fingerprint density at radius 2 is 2.54 bits per heavy atom. The minimum atomic E-state index is -0.367. The second kappa shape index (κ2) is 4.72. The van der Waals surface area contributed by atoms with E-state index in [1.807, 2.05) is 0 Å². The zero-order valence-electron chi connectivity index (χ0n) is 7.21. The molecule has 0 unspecified atom stereocenters. The number of carbonyl (C=O) groups is 1. The number of aromatic amines is 1. The molecule has 0 atom stereocenters. The smallest absolute Gasteiger partial charge is 0.330 e. The molecule has 13 heavy (non-hydrogen) atoms. The lowest BCUT2D eigenvalue weighted by atomic mass is 10.4. The van der Waals surface area contributed by atoms with Gasteiger partial charge in [0.15, 0.2) is 0 Å². The normalized spacial score (nSPS) is 10.6. The van der Waals surface area contributed by atoms with Gasteiger partial charge >= 0.3 is 5.97 Å². The largest absolute Gasteiger partial charge is 0.463 e. The predicted octanol–water partition coefficient (Wildman–Crippen LogP) is 2.24. The summed E-state index contributed by atoms with van der Waals surface area (Å²) >= 11 is 5.77. The number of hydrogen-bond donors (Lipinski definition) is 1. The summed E-state index contributed by atoms with van der Waals surface area (Å²) in [6.45, 7) is 2.13.